The third-order valence-electron chi connectivity index (χ3n) is 2.41. The molecule has 19 heavy (non-hydrogen) atoms. The molecule has 2 aromatic rings. The Kier molecular flexibility index (Phi) is 4.34. The second-order valence-electron chi connectivity index (χ2n) is 3.73. The van der Waals surface area contributed by atoms with Gasteiger partial charge in [-0.2, -0.15) is 0 Å². The van der Waals surface area contributed by atoms with Crippen molar-refractivity contribution in [2.75, 3.05) is 13.2 Å². The van der Waals surface area contributed by atoms with Crippen molar-refractivity contribution >= 4 is 5.69 Å². The van der Waals surface area contributed by atoms with Crippen LogP contribution in [0.5, 0.6) is 11.5 Å². The average molecular weight is 259 g/mol. The third-order valence-corrected chi connectivity index (χ3v) is 2.41. The first kappa shape index (κ1) is 12.9. The van der Waals surface area contributed by atoms with E-state index in [1.165, 1.54) is 6.07 Å². The molecule has 0 amide bonds. The van der Waals surface area contributed by atoms with Crippen molar-refractivity contribution in [3.63, 3.8) is 0 Å². The normalized spacial score (nSPS) is 9.89. The van der Waals surface area contributed by atoms with Crippen molar-refractivity contribution in [2.24, 2.45) is 0 Å². The molecule has 0 atom stereocenters. The molecule has 0 N–H and O–H groups in total. The van der Waals surface area contributed by atoms with Gasteiger partial charge >= 0.3 is 5.69 Å². The van der Waals surface area contributed by atoms with Crippen LogP contribution in [0.2, 0.25) is 0 Å². The molecule has 0 heterocycles. The zero-order valence-corrected chi connectivity index (χ0v) is 10.2. The van der Waals surface area contributed by atoms with E-state index in [1.54, 1.807) is 18.2 Å². The summed E-state index contributed by atoms with van der Waals surface area (Å²) in [7, 11) is 0. The minimum atomic E-state index is -0.465. The number of nitro benzene ring substituents is 1. The summed E-state index contributed by atoms with van der Waals surface area (Å²) in [6.45, 7) is 0.579. The smallest absolute Gasteiger partial charge is 0.310 e. The fourth-order valence-corrected chi connectivity index (χ4v) is 1.56. The Hall–Kier alpha value is -2.56. The fraction of sp³-hybridized carbons (Fsp3) is 0.143. The molecule has 5 heteroatoms. The molecule has 0 fully saturated rings. The van der Waals surface area contributed by atoms with Crippen LogP contribution in [-0.2, 0) is 0 Å². The molecule has 5 nitrogen and oxygen atoms in total. The monoisotopic (exact) mass is 259 g/mol. The van der Waals surface area contributed by atoms with Gasteiger partial charge < -0.3 is 9.47 Å². The van der Waals surface area contributed by atoms with Crippen molar-refractivity contribution in [3.05, 3.63) is 64.7 Å². The molecule has 0 saturated heterocycles. The minimum Gasteiger partial charge on any atom is -0.490 e. The highest BCUT2D eigenvalue weighted by Crippen LogP contribution is 2.25. The van der Waals surface area contributed by atoms with Crippen LogP contribution in [0.15, 0.2) is 54.6 Å². The first-order valence-electron chi connectivity index (χ1n) is 5.81. The summed E-state index contributed by atoms with van der Waals surface area (Å²) >= 11 is 0. The first-order chi connectivity index (χ1) is 9.27. The number of ether oxygens (including phenoxy) is 2. The Bertz CT molecular complexity index is 542. The topological polar surface area (TPSA) is 61.6 Å². The van der Waals surface area contributed by atoms with Crippen LogP contribution in [0.1, 0.15) is 0 Å². The fourth-order valence-electron chi connectivity index (χ4n) is 1.56. The van der Waals surface area contributed by atoms with Gasteiger partial charge in [0.2, 0.25) is 0 Å². The van der Waals surface area contributed by atoms with Crippen molar-refractivity contribution in [2.45, 2.75) is 0 Å². The van der Waals surface area contributed by atoms with Crippen molar-refractivity contribution in [1.82, 2.24) is 0 Å². The molecular weight excluding hydrogens is 246 g/mol. The summed E-state index contributed by atoms with van der Waals surface area (Å²) < 4.78 is 10.8. The molecule has 98 valence electrons. The Morgan fingerprint density at radius 2 is 1.53 bits per heavy atom. The molecule has 0 bridgehead atoms. The van der Waals surface area contributed by atoms with Crippen LogP contribution >= 0.6 is 0 Å². The second-order valence-corrected chi connectivity index (χ2v) is 3.73. The van der Waals surface area contributed by atoms with Gasteiger partial charge in [-0.05, 0) is 18.2 Å². The zero-order chi connectivity index (χ0) is 13.5. The molecule has 0 spiro atoms. The molecular formula is C14H13NO4. The molecule has 0 unspecified atom stereocenters. The van der Waals surface area contributed by atoms with Crippen LogP contribution in [0, 0.1) is 10.1 Å². The van der Waals surface area contributed by atoms with Gasteiger partial charge in [-0.3, -0.25) is 10.1 Å². The first-order valence-corrected chi connectivity index (χ1v) is 5.81. The molecule has 0 radical (unpaired) electrons. The van der Waals surface area contributed by atoms with Crippen molar-refractivity contribution < 1.29 is 14.4 Å². The Morgan fingerprint density at radius 1 is 0.895 bits per heavy atom. The van der Waals surface area contributed by atoms with E-state index < -0.39 is 4.92 Å². The van der Waals surface area contributed by atoms with E-state index in [0.29, 0.717) is 6.61 Å². The number of nitrogens with zero attached hydrogens (tertiary/aromatic N) is 1. The highest BCUT2D eigenvalue weighted by atomic mass is 16.6. The van der Waals surface area contributed by atoms with Crippen LogP contribution in [0.4, 0.5) is 5.69 Å². The summed E-state index contributed by atoms with van der Waals surface area (Å²) in [5.74, 6) is 0.998. The van der Waals surface area contributed by atoms with E-state index in [-0.39, 0.29) is 18.0 Å². The SMILES string of the molecule is O=[N+]([O-])c1ccccc1OCCOc1ccccc1. The van der Waals surface area contributed by atoms with Gasteiger partial charge in [0.05, 0.1) is 4.92 Å². The van der Waals surface area contributed by atoms with E-state index in [1.807, 2.05) is 30.3 Å². The van der Waals surface area contributed by atoms with Crippen LogP contribution in [-0.4, -0.2) is 18.1 Å². The summed E-state index contributed by atoms with van der Waals surface area (Å²) in [4.78, 5) is 10.3. The van der Waals surface area contributed by atoms with Gasteiger partial charge in [-0.1, -0.05) is 30.3 Å². The largest absolute Gasteiger partial charge is 0.490 e. The summed E-state index contributed by atoms with van der Waals surface area (Å²) in [6, 6.07) is 15.6. The predicted octanol–water partition coefficient (Wildman–Crippen LogP) is 3.05. The molecule has 0 saturated carbocycles. The minimum absolute atomic E-state index is 0.0396. The second kappa shape index (κ2) is 6.39. The van der Waals surface area contributed by atoms with E-state index in [0.717, 1.165) is 5.75 Å². The standard InChI is InChI=1S/C14H13NO4/c16-15(17)13-8-4-5-9-14(13)19-11-10-18-12-6-2-1-3-7-12/h1-9H,10-11H2. The lowest BCUT2D eigenvalue weighted by molar-refractivity contribution is -0.385. The molecule has 2 rings (SSSR count). The lowest BCUT2D eigenvalue weighted by atomic mass is 10.3. The summed E-state index contributed by atoms with van der Waals surface area (Å²) in [5.41, 5.74) is -0.0396. The average Bonchev–Trinajstić information content (AvgIpc) is 2.45. The Morgan fingerprint density at radius 3 is 2.26 bits per heavy atom. The zero-order valence-electron chi connectivity index (χ0n) is 10.2. The lowest BCUT2D eigenvalue weighted by Crippen LogP contribution is -2.09. The van der Waals surface area contributed by atoms with Crippen molar-refractivity contribution in [1.29, 1.82) is 0 Å². The van der Waals surface area contributed by atoms with E-state index in [2.05, 4.69) is 0 Å². The molecule has 2 aromatic carbocycles. The van der Waals surface area contributed by atoms with Crippen LogP contribution in [0.25, 0.3) is 0 Å². The number of benzene rings is 2. The highest BCUT2D eigenvalue weighted by molar-refractivity contribution is 5.45. The van der Waals surface area contributed by atoms with Crippen LogP contribution in [0.3, 0.4) is 0 Å². The van der Waals surface area contributed by atoms with Gasteiger partial charge in [-0.25, -0.2) is 0 Å². The number of hydrogen-bond acceptors (Lipinski definition) is 4. The quantitative estimate of drug-likeness (QED) is 0.454. The van der Waals surface area contributed by atoms with E-state index >= 15 is 0 Å². The molecule has 0 aliphatic carbocycles. The maximum atomic E-state index is 10.8. The third kappa shape index (κ3) is 3.70. The maximum absolute atomic E-state index is 10.8. The molecule has 0 aliphatic heterocycles. The Balaban J connectivity index is 1.85. The maximum Gasteiger partial charge on any atom is 0.310 e. The number of hydrogen-bond donors (Lipinski definition) is 0. The van der Waals surface area contributed by atoms with Gasteiger partial charge in [0.25, 0.3) is 0 Å². The highest BCUT2D eigenvalue weighted by Gasteiger charge is 2.13. The van der Waals surface area contributed by atoms with E-state index in [9.17, 15) is 10.1 Å². The summed E-state index contributed by atoms with van der Waals surface area (Å²) in [6.07, 6.45) is 0. The van der Waals surface area contributed by atoms with Gasteiger partial charge in [0.1, 0.15) is 19.0 Å². The number of rotatable bonds is 6. The lowest BCUT2D eigenvalue weighted by Gasteiger charge is -2.08. The van der Waals surface area contributed by atoms with Gasteiger partial charge in [0, 0.05) is 6.07 Å². The number of nitro groups is 1. The van der Waals surface area contributed by atoms with Crippen LogP contribution < -0.4 is 9.47 Å². The summed E-state index contributed by atoms with van der Waals surface area (Å²) in [5, 5.41) is 10.8. The number of para-hydroxylation sites is 3. The molecule has 0 aliphatic rings. The predicted molar refractivity (Wildman–Crippen MR) is 70.5 cm³/mol. The van der Waals surface area contributed by atoms with Gasteiger partial charge in [-0.15, -0.1) is 0 Å². The van der Waals surface area contributed by atoms with Crippen molar-refractivity contribution in [3.8, 4) is 11.5 Å². The van der Waals surface area contributed by atoms with E-state index in [4.69, 9.17) is 9.47 Å². The Labute approximate surface area is 110 Å². The molecule has 0 aromatic heterocycles. The van der Waals surface area contributed by atoms with Gasteiger partial charge in [0.15, 0.2) is 5.75 Å².